The number of fused-ring (bicyclic) bond motifs is 1. The second kappa shape index (κ2) is 7.87. The van der Waals surface area contributed by atoms with E-state index in [1.807, 2.05) is 61.7 Å². The van der Waals surface area contributed by atoms with Gasteiger partial charge in [0.15, 0.2) is 0 Å². The number of nitrogens with one attached hydrogen (secondary N) is 3. The number of para-hydroxylation sites is 1. The number of H-pyrrole nitrogens is 1. The van der Waals surface area contributed by atoms with Crippen molar-refractivity contribution in [3.05, 3.63) is 71.4 Å². The first-order valence-corrected chi connectivity index (χ1v) is 8.68. The number of amides is 2. The predicted octanol–water partition coefficient (Wildman–Crippen LogP) is 2.84. The number of hydrogen-bond donors (Lipinski definition) is 3. The fourth-order valence-electron chi connectivity index (χ4n) is 2.99. The largest absolute Gasteiger partial charge is 0.361 e. The molecule has 3 aromatic rings. The summed E-state index contributed by atoms with van der Waals surface area (Å²) in [6, 6.07) is 15.3. The maximum Gasteiger partial charge on any atom is 0.243 e. The summed E-state index contributed by atoms with van der Waals surface area (Å²) in [5.41, 5.74) is 4.22. The minimum Gasteiger partial charge on any atom is -0.361 e. The SMILES string of the molecule is CC(=O)N[C@@H](Cc1c[nH]c2ccccc12)C(=O)NCc1ccc(C)cc1. The van der Waals surface area contributed by atoms with Crippen molar-refractivity contribution in [2.75, 3.05) is 0 Å². The van der Waals surface area contributed by atoms with Gasteiger partial charge >= 0.3 is 0 Å². The molecule has 0 aliphatic rings. The molecule has 0 radical (unpaired) electrons. The third-order valence-corrected chi connectivity index (χ3v) is 4.38. The van der Waals surface area contributed by atoms with Crippen molar-refractivity contribution in [1.82, 2.24) is 15.6 Å². The highest BCUT2D eigenvalue weighted by atomic mass is 16.2. The molecule has 26 heavy (non-hydrogen) atoms. The van der Waals surface area contributed by atoms with Crippen molar-refractivity contribution in [3.63, 3.8) is 0 Å². The molecule has 0 bridgehead atoms. The van der Waals surface area contributed by atoms with Crippen LogP contribution in [-0.2, 0) is 22.6 Å². The normalized spacial score (nSPS) is 11.9. The van der Waals surface area contributed by atoms with Crippen molar-refractivity contribution >= 4 is 22.7 Å². The zero-order valence-electron chi connectivity index (χ0n) is 15.0. The van der Waals surface area contributed by atoms with Gasteiger partial charge in [0.2, 0.25) is 11.8 Å². The number of aromatic amines is 1. The average Bonchev–Trinajstić information content (AvgIpc) is 3.03. The van der Waals surface area contributed by atoms with Gasteiger partial charge in [-0.3, -0.25) is 9.59 Å². The highest BCUT2D eigenvalue weighted by molar-refractivity contribution is 5.89. The molecule has 5 nitrogen and oxygen atoms in total. The number of hydrogen-bond acceptors (Lipinski definition) is 2. The summed E-state index contributed by atoms with van der Waals surface area (Å²) in [5.74, 6) is -0.411. The van der Waals surface area contributed by atoms with E-state index in [4.69, 9.17) is 0 Å². The van der Waals surface area contributed by atoms with Gasteiger partial charge in [-0.25, -0.2) is 0 Å². The van der Waals surface area contributed by atoms with E-state index in [0.29, 0.717) is 13.0 Å². The maximum absolute atomic E-state index is 12.6. The number of aromatic nitrogens is 1. The highest BCUT2D eigenvalue weighted by Gasteiger charge is 2.21. The molecule has 3 rings (SSSR count). The predicted molar refractivity (Wildman–Crippen MR) is 103 cm³/mol. The molecular weight excluding hydrogens is 326 g/mol. The van der Waals surface area contributed by atoms with Crippen molar-refractivity contribution in [1.29, 1.82) is 0 Å². The molecule has 0 unspecified atom stereocenters. The Balaban J connectivity index is 1.71. The number of rotatable bonds is 6. The van der Waals surface area contributed by atoms with Gasteiger partial charge in [0.25, 0.3) is 0 Å². The van der Waals surface area contributed by atoms with Gasteiger partial charge in [-0.1, -0.05) is 48.0 Å². The molecule has 0 spiro atoms. The quantitative estimate of drug-likeness (QED) is 0.640. The lowest BCUT2D eigenvalue weighted by molar-refractivity contribution is -0.128. The van der Waals surface area contributed by atoms with Gasteiger partial charge in [0.1, 0.15) is 6.04 Å². The van der Waals surface area contributed by atoms with Crippen LogP contribution in [0.5, 0.6) is 0 Å². The van der Waals surface area contributed by atoms with E-state index < -0.39 is 6.04 Å². The van der Waals surface area contributed by atoms with Crippen molar-refractivity contribution in [2.45, 2.75) is 32.9 Å². The van der Waals surface area contributed by atoms with E-state index in [2.05, 4.69) is 15.6 Å². The van der Waals surface area contributed by atoms with Crippen LogP contribution in [0.3, 0.4) is 0 Å². The number of carbonyl (C=O) groups excluding carboxylic acids is 2. The lowest BCUT2D eigenvalue weighted by Gasteiger charge is -2.17. The van der Waals surface area contributed by atoms with Crippen LogP contribution in [0.2, 0.25) is 0 Å². The van der Waals surface area contributed by atoms with Gasteiger partial charge in [0, 0.05) is 37.0 Å². The van der Waals surface area contributed by atoms with Crippen LogP contribution in [0.15, 0.2) is 54.7 Å². The molecule has 5 heteroatoms. The topological polar surface area (TPSA) is 74.0 Å². The Bertz CT molecular complexity index is 912. The zero-order valence-corrected chi connectivity index (χ0v) is 15.0. The maximum atomic E-state index is 12.6. The van der Waals surface area contributed by atoms with E-state index in [0.717, 1.165) is 22.0 Å². The molecule has 1 aromatic heterocycles. The number of benzene rings is 2. The first-order valence-electron chi connectivity index (χ1n) is 8.68. The molecular formula is C21H23N3O2. The zero-order chi connectivity index (χ0) is 18.5. The van der Waals surface area contributed by atoms with Crippen LogP contribution in [0.4, 0.5) is 0 Å². The van der Waals surface area contributed by atoms with Crippen molar-refractivity contribution in [3.8, 4) is 0 Å². The summed E-state index contributed by atoms with van der Waals surface area (Å²) in [4.78, 5) is 27.4. The molecule has 1 atom stereocenters. The smallest absolute Gasteiger partial charge is 0.243 e. The third-order valence-electron chi connectivity index (χ3n) is 4.38. The Morgan fingerprint density at radius 2 is 1.81 bits per heavy atom. The first kappa shape index (κ1) is 17.7. The minimum atomic E-state index is -0.614. The van der Waals surface area contributed by atoms with Gasteiger partial charge in [0.05, 0.1) is 0 Å². The molecule has 0 aliphatic carbocycles. The molecule has 0 aliphatic heterocycles. The summed E-state index contributed by atoms with van der Waals surface area (Å²) < 4.78 is 0. The summed E-state index contributed by atoms with van der Waals surface area (Å²) in [7, 11) is 0. The number of aryl methyl sites for hydroxylation is 1. The van der Waals surface area contributed by atoms with Gasteiger partial charge in [-0.2, -0.15) is 0 Å². The lowest BCUT2D eigenvalue weighted by Crippen LogP contribution is -2.47. The van der Waals surface area contributed by atoms with E-state index in [1.54, 1.807) is 0 Å². The van der Waals surface area contributed by atoms with E-state index in [1.165, 1.54) is 12.5 Å². The molecule has 0 fully saturated rings. The Morgan fingerprint density at radius 1 is 1.08 bits per heavy atom. The highest BCUT2D eigenvalue weighted by Crippen LogP contribution is 2.19. The van der Waals surface area contributed by atoms with Gasteiger partial charge in [-0.05, 0) is 24.1 Å². The minimum absolute atomic E-state index is 0.189. The molecule has 2 amide bonds. The summed E-state index contributed by atoms with van der Waals surface area (Å²) in [6.45, 7) is 3.88. The van der Waals surface area contributed by atoms with Crippen LogP contribution in [0, 0.1) is 6.92 Å². The van der Waals surface area contributed by atoms with Crippen molar-refractivity contribution < 1.29 is 9.59 Å². The summed E-state index contributed by atoms with van der Waals surface area (Å²) >= 11 is 0. The Labute approximate surface area is 152 Å². The second-order valence-corrected chi connectivity index (χ2v) is 6.52. The van der Waals surface area contributed by atoms with Crippen molar-refractivity contribution in [2.24, 2.45) is 0 Å². The summed E-state index contributed by atoms with van der Waals surface area (Å²) in [6.07, 6.45) is 2.33. The van der Waals surface area contributed by atoms with Crippen LogP contribution < -0.4 is 10.6 Å². The fourth-order valence-corrected chi connectivity index (χ4v) is 2.99. The monoisotopic (exact) mass is 349 g/mol. The summed E-state index contributed by atoms with van der Waals surface area (Å²) in [5, 5.41) is 6.75. The molecule has 1 heterocycles. The third kappa shape index (κ3) is 4.30. The van der Waals surface area contributed by atoms with E-state index >= 15 is 0 Å². The van der Waals surface area contributed by atoms with Crippen LogP contribution in [-0.4, -0.2) is 22.8 Å². The molecule has 134 valence electrons. The standard InChI is InChI=1S/C21H23N3O2/c1-14-7-9-16(10-8-14)12-23-21(26)20(24-15(2)25)11-17-13-22-19-6-4-3-5-18(17)19/h3-10,13,20,22H,11-12H2,1-2H3,(H,23,26)(H,24,25)/t20-/m0/s1. The molecule has 2 aromatic carbocycles. The van der Waals surface area contributed by atoms with Gasteiger partial charge in [-0.15, -0.1) is 0 Å². The Kier molecular flexibility index (Phi) is 5.37. The molecule has 0 saturated carbocycles. The average molecular weight is 349 g/mol. The first-order chi connectivity index (χ1) is 12.5. The second-order valence-electron chi connectivity index (χ2n) is 6.52. The van der Waals surface area contributed by atoms with E-state index in [9.17, 15) is 9.59 Å². The number of carbonyl (C=O) groups is 2. The van der Waals surface area contributed by atoms with Crippen LogP contribution in [0.25, 0.3) is 10.9 Å². The fraction of sp³-hybridized carbons (Fsp3) is 0.238. The Hall–Kier alpha value is -3.08. The van der Waals surface area contributed by atoms with E-state index in [-0.39, 0.29) is 11.8 Å². The Morgan fingerprint density at radius 3 is 2.54 bits per heavy atom. The van der Waals surface area contributed by atoms with Gasteiger partial charge < -0.3 is 15.6 Å². The molecule has 3 N–H and O–H groups in total. The van der Waals surface area contributed by atoms with Crippen LogP contribution in [0.1, 0.15) is 23.6 Å². The van der Waals surface area contributed by atoms with Crippen LogP contribution >= 0.6 is 0 Å². The molecule has 0 saturated heterocycles. The lowest BCUT2D eigenvalue weighted by atomic mass is 10.0.